The molecule has 3 rings (SSSR count). The van der Waals surface area contributed by atoms with Crippen molar-refractivity contribution in [2.45, 2.75) is 0 Å². The second kappa shape index (κ2) is 4.22. The van der Waals surface area contributed by atoms with Gasteiger partial charge in [-0.15, -0.1) is 0 Å². The number of rotatable bonds is 1. The third kappa shape index (κ3) is 1.80. The first kappa shape index (κ1) is 10.4. The number of hydrogen-bond donors (Lipinski definition) is 2. The fraction of sp³-hybridized carbons (Fsp3) is 0.308. The van der Waals surface area contributed by atoms with Gasteiger partial charge in [-0.3, -0.25) is 4.98 Å². The Morgan fingerprint density at radius 3 is 2.82 bits per heavy atom. The van der Waals surface area contributed by atoms with Crippen LogP contribution in [0.25, 0.3) is 10.8 Å². The Hall–Kier alpha value is -1.81. The number of nitrogen functional groups attached to an aromatic ring is 1. The molecule has 1 aliphatic heterocycles. The highest BCUT2D eigenvalue weighted by Gasteiger charge is 2.14. The molecule has 4 nitrogen and oxygen atoms in total. The highest BCUT2D eigenvalue weighted by atomic mass is 15.2. The molecule has 1 aromatic carbocycles. The molecule has 2 aromatic rings. The van der Waals surface area contributed by atoms with Crippen molar-refractivity contribution in [1.29, 1.82) is 0 Å². The molecule has 0 bridgehead atoms. The minimum Gasteiger partial charge on any atom is -0.397 e. The minimum atomic E-state index is 0.867. The number of anilines is 2. The zero-order valence-electron chi connectivity index (χ0n) is 9.69. The fourth-order valence-electron chi connectivity index (χ4n) is 2.36. The summed E-state index contributed by atoms with van der Waals surface area (Å²) in [4.78, 5) is 6.46. The van der Waals surface area contributed by atoms with Crippen LogP contribution < -0.4 is 16.0 Å². The van der Waals surface area contributed by atoms with Crippen LogP contribution in [0, 0.1) is 0 Å². The molecule has 3 N–H and O–H groups in total. The number of benzene rings is 1. The monoisotopic (exact) mass is 228 g/mol. The van der Waals surface area contributed by atoms with Crippen molar-refractivity contribution in [1.82, 2.24) is 10.3 Å². The van der Waals surface area contributed by atoms with Crippen LogP contribution >= 0.6 is 0 Å². The van der Waals surface area contributed by atoms with Gasteiger partial charge in [0.2, 0.25) is 0 Å². The minimum absolute atomic E-state index is 0.867. The van der Waals surface area contributed by atoms with E-state index in [0.717, 1.165) is 48.3 Å². The second-order valence-corrected chi connectivity index (χ2v) is 4.33. The van der Waals surface area contributed by atoms with E-state index in [4.69, 9.17) is 5.73 Å². The van der Waals surface area contributed by atoms with Crippen molar-refractivity contribution in [3.8, 4) is 0 Å². The van der Waals surface area contributed by atoms with E-state index < -0.39 is 0 Å². The van der Waals surface area contributed by atoms with Gasteiger partial charge in [0.1, 0.15) is 0 Å². The quantitative estimate of drug-likeness (QED) is 0.721. The number of pyridine rings is 1. The van der Waals surface area contributed by atoms with Gasteiger partial charge in [-0.25, -0.2) is 0 Å². The van der Waals surface area contributed by atoms with Gasteiger partial charge >= 0.3 is 0 Å². The number of nitrogens with one attached hydrogen (secondary N) is 1. The molecular weight excluding hydrogens is 212 g/mol. The maximum absolute atomic E-state index is 6.26. The first-order valence-electron chi connectivity index (χ1n) is 5.94. The Bertz CT molecular complexity index is 532. The van der Waals surface area contributed by atoms with Crippen molar-refractivity contribution in [3.05, 3.63) is 30.6 Å². The summed E-state index contributed by atoms with van der Waals surface area (Å²) >= 11 is 0. The summed E-state index contributed by atoms with van der Waals surface area (Å²) in [6.45, 7) is 4.07. The lowest BCUT2D eigenvalue weighted by Crippen LogP contribution is -2.43. The van der Waals surface area contributed by atoms with Gasteiger partial charge in [0.25, 0.3) is 0 Å². The molecule has 0 spiro atoms. The maximum Gasteiger partial charge on any atom is 0.0632 e. The van der Waals surface area contributed by atoms with Crippen LogP contribution in [-0.4, -0.2) is 31.2 Å². The topological polar surface area (TPSA) is 54.2 Å². The van der Waals surface area contributed by atoms with Crippen LogP contribution in [0.15, 0.2) is 30.6 Å². The molecule has 1 aromatic heterocycles. The molecule has 88 valence electrons. The summed E-state index contributed by atoms with van der Waals surface area (Å²) in [5, 5.41) is 5.54. The van der Waals surface area contributed by atoms with E-state index in [1.54, 1.807) is 6.20 Å². The van der Waals surface area contributed by atoms with Crippen molar-refractivity contribution in [2.24, 2.45) is 0 Å². The molecule has 4 heteroatoms. The van der Waals surface area contributed by atoms with Crippen molar-refractivity contribution < 1.29 is 0 Å². The Labute approximate surface area is 100 Å². The average Bonchev–Trinajstić information content (AvgIpc) is 2.40. The molecule has 0 amide bonds. The zero-order chi connectivity index (χ0) is 11.7. The van der Waals surface area contributed by atoms with Gasteiger partial charge in [-0.05, 0) is 12.1 Å². The van der Waals surface area contributed by atoms with E-state index in [0.29, 0.717) is 0 Å². The average molecular weight is 228 g/mol. The van der Waals surface area contributed by atoms with E-state index in [2.05, 4.69) is 27.3 Å². The number of aromatic nitrogens is 1. The first-order chi connectivity index (χ1) is 8.36. The third-order valence-corrected chi connectivity index (χ3v) is 3.30. The van der Waals surface area contributed by atoms with Gasteiger partial charge in [0.05, 0.1) is 11.4 Å². The summed E-state index contributed by atoms with van der Waals surface area (Å²) in [7, 11) is 0. The van der Waals surface area contributed by atoms with E-state index in [-0.39, 0.29) is 0 Å². The standard InChI is InChI=1S/C13H16N4/c14-13-11-3-4-16-9-10(11)1-2-12(13)17-7-5-15-6-8-17/h1-4,9,15H,5-8,14H2. The van der Waals surface area contributed by atoms with E-state index in [1.165, 1.54) is 0 Å². The molecule has 0 atom stereocenters. The number of piperazine rings is 1. The van der Waals surface area contributed by atoms with Crippen LogP contribution in [0.5, 0.6) is 0 Å². The number of nitrogens with two attached hydrogens (primary N) is 1. The number of hydrogen-bond acceptors (Lipinski definition) is 4. The molecule has 1 fully saturated rings. The zero-order valence-corrected chi connectivity index (χ0v) is 9.69. The number of nitrogens with zero attached hydrogens (tertiary/aromatic N) is 2. The van der Waals surface area contributed by atoms with Gasteiger partial charge < -0.3 is 16.0 Å². The predicted octanol–water partition coefficient (Wildman–Crippen LogP) is 1.23. The highest BCUT2D eigenvalue weighted by Crippen LogP contribution is 2.30. The lowest BCUT2D eigenvalue weighted by Gasteiger charge is -2.30. The fourth-order valence-corrected chi connectivity index (χ4v) is 2.36. The maximum atomic E-state index is 6.26. The van der Waals surface area contributed by atoms with Crippen LogP contribution in [-0.2, 0) is 0 Å². The summed E-state index contributed by atoms with van der Waals surface area (Å²) in [5.41, 5.74) is 8.27. The van der Waals surface area contributed by atoms with Gasteiger partial charge in [-0.1, -0.05) is 6.07 Å². The van der Waals surface area contributed by atoms with Gasteiger partial charge in [0.15, 0.2) is 0 Å². The lowest BCUT2D eigenvalue weighted by atomic mass is 10.1. The summed E-state index contributed by atoms with van der Waals surface area (Å²) < 4.78 is 0. The van der Waals surface area contributed by atoms with Crippen LogP contribution in [0.2, 0.25) is 0 Å². The van der Waals surface area contributed by atoms with Crippen molar-refractivity contribution >= 4 is 22.1 Å². The smallest absolute Gasteiger partial charge is 0.0632 e. The molecule has 0 aliphatic carbocycles. The first-order valence-corrected chi connectivity index (χ1v) is 5.94. The van der Waals surface area contributed by atoms with Crippen LogP contribution in [0.1, 0.15) is 0 Å². The summed E-state index contributed by atoms with van der Waals surface area (Å²) in [5.74, 6) is 0. The Balaban J connectivity index is 2.07. The molecule has 17 heavy (non-hydrogen) atoms. The molecule has 0 radical (unpaired) electrons. The molecular formula is C13H16N4. The molecule has 2 heterocycles. The normalized spacial score (nSPS) is 16.4. The van der Waals surface area contributed by atoms with E-state index in [1.807, 2.05) is 12.3 Å². The number of fused-ring (bicyclic) bond motifs is 1. The molecule has 0 unspecified atom stereocenters. The molecule has 1 saturated heterocycles. The van der Waals surface area contributed by atoms with Crippen molar-refractivity contribution in [3.63, 3.8) is 0 Å². The predicted molar refractivity (Wildman–Crippen MR) is 71.2 cm³/mol. The van der Waals surface area contributed by atoms with Crippen LogP contribution in [0.3, 0.4) is 0 Å². The largest absolute Gasteiger partial charge is 0.397 e. The summed E-state index contributed by atoms with van der Waals surface area (Å²) in [6, 6.07) is 6.18. The van der Waals surface area contributed by atoms with Gasteiger partial charge in [0, 0.05) is 49.3 Å². The van der Waals surface area contributed by atoms with E-state index in [9.17, 15) is 0 Å². The Morgan fingerprint density at radius 2 is 2.00 bits per heavy atom. The van der Waals surface area contributed by atoms with Crippen LogP contribution in [0.4, 0.5) is 11.4 Å². The second-order valence-electron chi connectivity index (χ2n) is 4.33. The molecule has 1 aliphatic rings. The van der Waals surface area contributed by atoms with Gasteiger partial charge in [-0.2, -0.15) is 0 Å². The van der Waals surface area contributed by atoms with Crippen molar-refractivity contribution in [2.75, 3.05) is 36.8 Å². The van der Waals surface area contributed by atoms with E-state index >= 15 is 0 Å². The molecule has 0 saturated carbocycles. The Morgan fingerprint density at radius 1 is 1.18 bits per heavy atom. The Kier molecular flexibility index (Phi) is 2.57. The SMILES string of the molecule is Nc1c(N2CCNCC2)ccc2cnccc12. The third-order valence-electron chi connectivity index (χ3n) is 3.30. The highest BCUT2D eigenvalue weighted by molar-refractivity contribution is 5.98. The summed E-state index contributed by atoms with van der Waals surface area (Å²) in [6.07, 6.45) is 3.65. The lowest BCUT2D eigenvalue weighted by molar-refractivity contribution is 0.590.